The van der Waals surface area contributed by atoms with Crippen molar-refractivity contribution in [2.75, 3.05) is 0 Å². The number of carboxylic acids is 1. The van der Waals surface area contributed by atoms with Crippen molar-refractivity contribution in [3.8, 4) is 0 Å². The predicted octanol–water partition coefficient (Wildman–Crippen LogP) is 0.866. The Morgan fingerprint density at radius 3 is 2.73 bits per heavy atom. The molecular formula is C6H5BrN2O2. The first-order valence-electron chi connectivity index (χ1n) is 2.87. The molecule has 0 spiro atoms. The lowest BCUT2D eigenvalue weighted by atomic mass is 10.3. The SMILES string of the molecule is O=C(O)Cc1nccnc1Br. The summed E-state index contributed by atoms with van der Waals surface area (Å²) in [7, 11) is 0. The number of aromatic nitrogens is 2. The summed E-state index contributed by atoms with van der Waals surface area (Å²) in [5.41, 5.74) is 0.444. The molecule has 1 rings (SSSR count). The maximum atomic E-state index is 10.2. The molecule has 1 N–H and O–H groups in total. The highest BCUT2D eigenvalue weighted by atomic mass is 79.9. The van der Waals surface area contributed by atoms with E-state index < -0.39 is 5.97 Å². The van der Waals surface area contributed by atoms with Gasteiger partial charge in [-0.05, 0) is 15.9 Å². The summed E-state index contributed by atoms with van der Waals surface area (Å²) in [6, 6.07) is 0. The van der Waals surface area contributed by atoms with Gasteiger partial charge in [-0.1, -0.05) is 0 Å². The lowest BCUT2D eigenvalue weighted by molar-refractivity contribution is -0.136. The highest BCUT2D eigenvalue weighted by molar-refractivity contribution is 9.10. The van der Waals surface area contributed by atoms with Crippen LogP contribution in [0.5, 0.6) is 0 Å². The fraction of sp³-hybridized carbons (Fsp3) is 0.167. The van der Waals surface area contributed by atoms with Gasteiger partial charge in [-0.3, -0.25) is 9.78 Å². The number of carbonyl (C=O) groups is 1. The lowest BCUT2D eigenvalue weighted by Crippen LogP contribution is -2.03. The minimum atomic E-state index is -0.911. The van der Waals surface area contributed by atoms with Crippen molar-refractivity contribution < 1.29 is 9.90 Å². The number of carboxylic acid groups (broad SMARTS) is 1. The van der Waals surface area contributed by atoms with Crippen LogP contribution >= 0.6 is 15.9 Å². The summed E-state index contributed by atoms with van der Waals surface area (Å²) in [6.45, 7) is 0. The third kappa shape index (κ3) is 2.27. The number of hydrogen-bond donors (Lipinski definition) is 1. The molecule has 0 aromatic carbocycles. The van der Waals surface area contributed by atoms with Crippen LogP contribution in [0, 0.1) is 0 Å². The number of nitrogens with zero attached hydrogens (tertiary/aromatic N) is 2. The fourth-order valence-corrected chi connectivity index (χ4v) is 0.972. The molecule has 58 valence electrons. The number of hydrogen-bond acceptors (Lipinski definition) is 3. The molecule has 0 saturated heterocycles. The van der Waals surface area contributed by atoms with E-state index in [1.807, 2.05) is 0 Å². The molecule has 1 heterocycles. The van der Waals surface area contributed by atoms with E-state index in [-0.39, 0.29) is 6.42 Å². The molecule has 0 aliphatic carbocycles. The summed E-state index contributed by atoms with van der Waals surface area (Å²) < 4.78 is 0.488. The molecule has 0 bridgehead atoms. The Balaban J connectivity index is 2.86. The van der Waals surface area contributed by atoms with Gasteiger partial charge in [0, 0.05) is 12.4 Å². The molecule has 5 heteroatoms. The monoisotopic (exact) mass is 216 g/mol. The first-order valence-corrected chi connectivity index (χ1v) is 3.66. The predicted molar refractivity (Wildman–Crippen MR) is 41.1 cm³/mol. The zero-order chi connectivity index (χ0) is 8.27. The summed E-state index contributed by atoms with van der Waals surface area (Å²) in [6.07, 6.45) is 2.85. The second-order valence-electron chi connectivity index (χ2n) is 1.86. The van der Waals surface area contributed by atoms with Crippen molar-refractivity contribution in [2.45, 2.75) is 6.42 Å². The number of halogens is 1. The second kappa shape index (κ2) is 3.43. The Morgan fingerprint density at radius 2 is 2.18 bits per heavy atom. The van der Waals surface area contributed by atoms with Crippen LogP contribution < -0.4 is 0 Å². The van der Waals surface area contributed by atoms with Crippen LogP contribution in [0.4, 0.5) is 0 Å². The van der Waals surface area contributed by atoms with Gasteiger partial charge >= 0.3 is 5.97 Å². The Bertz CT molecular complexity index is 277. The van der Waals surface area contributed by atoms with E-state index in [9.17, 15) is 4.79 Å². The van der Waals surface area contributed by atoms with Crippen LogP contribution in [-0.4, -0.2) is 21.0 Å². The molecule has 0 radical (unpaired) electrons. The molecule has 0 fully saturated rings. The minimum Gasteiger partial charge on any atom is -0.481 e. The topological polar surface area (TPSA) is 63.1 Å². The van der Waals surface area contributed by atoms with Crippen molar-refractivity contribution in [2.24, 2.45) is 0 Å². The number of aliphatic carboxylic acids is 1. The van der Waals surface area contributed by atoms with Gasteiger partial charge in [0.1, 0.15) is 4.60 Å². The van der Waals surface area contributed by atoms with Crippen molar-refractivity contribution >= 4 is 21.9 Å². The van der Waals surface area contributed by atoms with E-state index in [0.29, 0.717) is 10.3 Å². The van der Waals surface area contributed by atoms with Crippen molar-refractivity contribution in [3.63, 3.8) is 0 Å². The molecule has 1 aromatic heterocycles. The summed E-state index contributed by atoms with van der Waals surface area (Å²) >= 11 is 3.09. The Labute approximate surface area is 71.4 Å². The molecule has 0 aliphatic rings. The molecule has 0 atom stereocenters. The molecule has 0 unspecified atom stereocenters. The van der Waals surface area contributed by atoms with Crippen LogP contribution in [0.2, 0.25) is 0 Å². The van der Waals surface area contributed by atoms with E-state index in [1.54, 1.807) is 0 Å². The highest BCUT2D eigenvalue weighted by Crippen LogP contribution is 2.09. The molecule has 4 nitrogen and oxygen atoms in total. The second-order valence-corrected chi connectivity index (χ2v) is 2.62. The van der Waals surface area contributed by atoms with Gasteiger partial charge in [0.15, 0.2) is 0 Å². The average molecular weight is 217 g/mol. The van der Waals surface area contributed by atoms with Gasteiger partial charge in [-0.2, -0.15) is 0 Å². The first-order chi connectivity index (χ1) is 5.20. The number of rotatable bonds is 2. The van der Waals surface area contributed by atoms with Gasteiger partial charge in [-0.15, -0.1) is 0 Å². The molecule has 0 saturated carbocycles. The molecule has 11 heavy (non-hydrogen) atoms. The van der Waals surface area contributed by atoms with Gasteiger partial charge in [0.25, 0.3) is 0 Å². The Kier molecular flexibility index (Phi) is 2.53. The van der Waals surface area contributed by atoms with E-state index in [1.165, 1.54) is 12.4 Å². The quantitative estimate of drug-likeness (QED) is 0.798. The van der Waals surface area contributed by atoms with Crippen molar-refractivity contribution in [3.05, 3.63) is 22.7 Å². The molecular weight excluding hydrogens is 212 g/mol. The van der Waals surface area contributed by atoms with E-state index >= 15 is 0 Å². The van der Waals surface area contributed by atoms with Gasteiger partial charge in [0.05, 0.1) is 12.1 Å². The lowest BCUT2D eigenvalue weighted by Gasteiger charge is -1.96. The smallest absolute Gasteiger partial charge is 0.309 e. The highest BCUT2D eigenvalue weighted by Gasteiger charge is 2.05. The normalized spacial score (nSPS) is 9.55. The van der Waals surface area contributed by atoms with Gasteiger partial charge < -0.3 is 5.11 Å². The zero-order valence-electron chi connectivity index (χ0n) is 5.49. The standard InChI is InChI=1S/C6H5BrN2O2/c7-6-4(3-5(10)11)8-1-2-9-6/h1-2H,3H2,(H,10,11). The summed E-state index contributed by atoms with van der Waals surface area (Å²) in [4.78, 5) is 17.9. The summed E-state index contributed by atoms with van der Waals surface area (Å²) in [5, 5.41) is 8.40. The van der Waals surface area contributed by atoms with Crippen LogP contribution in [0.1, 0.15) is 5.69 Å². The summed E-state index contributed by atoms with van der Waals surface area (Å²) in [5.74, 6) is -0.911. The molecule has 1 aromatic rings. The van der Waals surface area contributed by atoms with Gasteiger partial charge in [0.2, 0.25) is 0 Å². The largest absolute Gasteiger partial charge is 0.481 e. The van der Waals surface area contributed by atoms with E-state index in [0.717, 1.165) is 0 Å². The van der Waals surface area contributed by atoms with Crippen LogP contribution in [-0.2, 0) is 11.2 Å². The van der Waals surface area contributed by atoms with Crippen LogP contribution in [0.25, 0.3) is 0 Å². The van der Waals surface area contributed by atoms with Crippen LogP contribution in [0.3, 0.4) is 0 Å². The Morgan fingerprint density at radius 1 is 1.55 bits per heavy atom. The maximum Gasteiger partial charge on any atom is 0.309 e. The average Bonchev–Trinajstić information content (AvgIpc) is 1.93. The molecule has 0 aliphatic heterocycles. The van der Waals surface area contributed by atoms with Crippen molar-refractivity contribution in [1.29, 1.82) is 0 Å². The first kappa shape index (κ1) is 8.13. The Hall–Kier alpha value is -0.970. The minimum absolute atomic E-state index is 0.103. The van der Waals surface area contributed by atoms with Crippen molar-refractivity contribution in [1.82, 2.24) is 9.97 Å². The zero-order valence-corrected chi connectivity index (χ0v) is 7.08. The maximum absolute atomic E-state index is 10.2. The molecule has 0 amide bonds. The fourth-order valence-electron chi connectivity index (χ4n) is 0.612. The van der Waals surface area contributed by atoms with E-state index in [4.69, 9.17) is 5.11 Å². The third-order valence-corrected chi connectivity index (χ3v) is 1.70. The van der Waals surface area contributed by atoms with Gasteiger partial charge in [-0.25, -0.2) is 4.98 Å². The van der Waals surface area contributed by atoms with Crippen LogP contribution in [0.15, 0.2) is 17.0 Å². The van der Waals surface area contributed by atoms with E-state index in [2.05, 4.69) is 25.9 Å². The third-order valence-electron chi connectivity index (χ3n) is 1.04.